The summed E-state index contributed by atoms with van der Waals surface area (Å²) in [6, 6.07) is 0. The lowest BCUT2D eigenvalue weighted by molar-refractivity contribution is -0.140. The quantitative estimate of drug-likeness (QED) is 0.434. The summed E-state index contributed by atoms with van der Waals surface area (Å²) in [7, 11) is 1.44. The van der Waals surface area contributed by atoms with Gasteiger partial charge in [0.25, 0.3) is 0 Å². The van der Waals surface area contributed by atoms with Crippen LogP contribution in [-0.2, 0) is 9.53 Å². The van der Waals surface area contributed by atoms with Gasteiger partial charge in [-0.1, -0.05) is 25.7 Å². The van der Waals surface area contributed by atoms with E-state index >= 15 is 0 Å². The molecule has 0 heterocycles. The average molecular weight is 262 g/mol. The van der Waals surface area contributed by atoms with Gasteiger partial charge in [-0.2, -0.15) is 11.8 Å². The SMILES string of the molecule is COC(=O)CCCCCCCCSCCCO. The number of thioether (sulfide) groups is 1. The van der Waals surface area contributed by atoms with E-state index in [-0.39, 0.29) is 5.97 Å². The van der Waals surface area contributed by atoms with Gasteiger partial charge >= 0.3 is 5.97 Å². The lowest BCUT2D eigenvalue weighted by Crippen LogP contribution is -1.99. The van der Waals surface area contributed by atoms with Crippen LogP contribution in [0.25, 0.3) is 0 Å². The number of hydrogen-bond donors (Lipinski definition) is 1. The van der Waals surface area contributed by atoms with Crippen LogP contribution in [0.5, 0.6) is 0 Å². The molecule has 0 rings (SSSR count). The maximum absolute atomic E-state index is 10.8. The lowest BCUT2D eigenvalue weighted by Gasteiger charge is -2.02. The maximum atomic E-state index is 10.8. The molecule has 0 aromatic rings. The van der Waals surface area contributed by atoms with Crippen molar-refractivity contribution in [2.24, 2.45) is 0 Å². The Balaban J connectivity index is 2.96. The molecule has 3 nitrogen and oxygen atoms in total. The number of rotatable bonds is 12. The molecular formula is C13H26O3S. The predicted octanol–water partition coefficient (Wildman–Crippen LogP) is 3.01. The van der Waals surface area contributed by atoms with Crippen LogP contribution in [0.4, 0.5) is 0 Å². The number of carbonyl (C=O) groups is 1. The first-order valence-electron chi connectivity index (χ1n) is 6.56. The fourth-order valence-electron chi connectivity index (χ4n) is 1.55. The topological polar surface area (TPSA) is 46.5 Å². The third kappa shape index (κ3) is 13.7. The Labute approximate surface area is 109 Å². The van der Waals surface area contributed by atoms with E-state index in [1.807, 2.05) is 11.8 Å². The van der Waals surface area contributed by atoms with E-state index in [0.29, 0.717) is 13.0 Å². The van der Waals surface area contributed by atoms with Crippen LogP contribution in [-0.4, -0.2) is 36.3 Å². The minimum atomic E-state index is -0.0923. The molecule has 0 amide bonds. The van der Waals surface area contributed by atoms with Gasteiger partial charge in [0, 0.05) is 13.0 Å². The summed E-state index contributed by atoms with van der Waals surface area (Å²) in [6.07, 6.45) is 8.61. The highest BCUT2D eigenvalue weighted by Gasteiger charge is 1.98. The Bertz CT molecular complexity index is 174. The summed E-state index contributed by atoms with van der Waals surface area (Å²) < 4.78 is 4.58. The van der Waals surface area contributed by atoms with Crippen LogP contribution in [0.1, 0.15) is 51.4 Å². The molecule has 0 aliphatic heterocycles. The van der Waals surface area contributed by atoms with Crippen LogP contribution in [0.2, 0.25) is 0 Å². The molecule has 0 atom stereocenters. The van der Waals surface area contributed by atoms with E-state index in [0.717, 1.165) is 25.0 Å². The number of esters is 1. The van der Waals surface area contributed by atoms with Gasteiger partial charge < -0.3 is 9.84 Å². The molecular weight excluding hydrogens is 236 g/mol. The third-order valence-electron chi connectivity index (χ3n) is 2.59. The van der Waals surface area contributed by atoms with E-state index < -0.39 is 0 Å². The Morgan fingerprint density at radius 2 is 1.59 bits per heavy atom. The molecule has 0 radical (unpaired) electrons. The summed E-state index contributed by atoms with van der Waals surface area (Å²) in [5, 5.41) is 8.60. The second-order valence-corrected chi connectivity index (χ2v) is 5.36. The highest BCUT2D eigenvalue weighted by molar-refractivity contribution is 7.99. The molecule has 0 aromatic heterocycles. The van der Waals surface area contributed by atoms with Crippen molar-refractivity contribution < 1.29 is 14.6 Å². The Morgan fingerprint density at radius 1 is 1.00 bits per heavy atom. The van der Waals surface area contributed by atoms with Crippen molar-refractivity contribution in [1.82, 2.24) is 0 Å². The number of aliphatic hydroxyl groups is 1. The fraction of sp³-hybridized carbons (Fsp3) is 0.923. The third-order valence-corrected chi connectivity index (χ3v) is 3.75. The monoisotopic (exact) mass is 262 g/mol. The number of hydrogen-bond acceptors (Lipinski definition) is 4. The molecule has 0 spiro atoms. The van der Waals surface area contributed by atoms with Crippen molar-refractivity contribution in [3.63, 3.8) is 0 Å². The number of unbranched alkanes of at least 4 members (excludes halogenated alkanes) is 5. The van der Waals surface area contributed by atoms with Gasteiger partial charge in [-0.15, -0.1) is 0 Å². The van der Waals surface area contributed by atoms with Crippen LogP contribution >= 0.6 is 11.8 Å². The second-order valence-electron chi connectivity index (χ2n) is 4.14. The first-order chi connectivity index (χ1) is 8.31. The molecule has 0 aliphatic carbocycles. The zero-order valence-corrected chi connectivity index (χ0v) is 11.8. The van der Waals surface area contributed by atoms with E-state index in [2.05, 4.69) is 4.74 Å². The van der Waals surface area contributed by atoms with Crippen molar-refractivity contribution in [3.05, 3.63) is 0 Å². The summed E-state index contributed by atoms with van der Waals surface area (Å²) in [5.41, 5.74) is 0. The zero-order chi connectivity index (χ0) is 12.8. The molecule has 0 bridgehead atoms. The lowest BCUT2D eigenvalue weighted by atomic mass is 10.1. The van der Waals surface area contributed by atoms with Crippen molar-refractivity contribution >= 4 is 17.7 Å². The first kappa shape index (κ1) is 16.8. The van der Waals surface area contributed by atoms with Gasteiger partial charge in [0.1, 0.15) is 0 Å². The summed E-state index contributed by atoms with van der Waals surface area (Å²) in [4.78, 5) is 10.8. The molecule has 102 valence electrons. The van der Waals surface area contributed by atoms with E-state index in [1.165, 1.54) is 38.5 Å². The highest BCUT2D eigenvalue weighted by atomic mass is 32.2. The van der Waals surface area contributed by atoms with Crippen LogP contribution in [0, 0.1) is 0 Å². The van der Waals surface area contributed by atoms with Crippen LogP contribution in [0.3, 0.4) is 0 Å². The summed E-state index contributed by atoms with van der Waals surface area (Å²) >= 11 is 1.93. The Hall–Kier alpha value is -0.220. The number of ether oxygens (including phenoxy) is 1. The molecule has 0 aromatic carbocycles. The first-order valence-corrected chi connectivity index (χ1v) is 7.72. The fourth-order valence-corrected chi connectivity index (χ4v) is 2.50. The van der Waals surface area contributed by atoms with Gasteiger partial charge in [-0.3, -0.25) is 4.79 Å². The predicted molar refractivity (Wildman–Crippen MR) is 73.4 cm³/mol. The Kier molecular flexibility index (Phi) is 13.7. The Morgan fingerprint density at radius 3 is 2.24 bits per heavy atom. The van der Waals surface area contributed by atoms with E-state index in [9.17, 15) is 4.79 Å². The summed E-state index contributed by atoms with van der Waals surface area (Å²) in [6.45, 7) is 0.313. The van der Waals surface area contributed by atoms with Crippen molar-refractivity contribution in [2.75, 3.05) is 25.2 Å². The molecule has 0 saturated heterocycles. The zero-order valence-electron chi connectivity index (χ0n) is 11.0. The van der Waals surface area contributed by atoms with Crippen molar-refractivity contribution in [2.45, 2.75) is 51.4 Å². The largest absolute Gasteiger partial charge is 0.469 e. The van der Waals surface area contributed by atoms with Gasteiger partial charge in [0.2, 0.25) is 0 Å². The van der Waals surface area contributed by atoms with Gasteiger partial charge in [-0.05, 0) is 30.8 Å². The minimum absolute atomic E-state index is 0.0923. The molecule has 0 aliphatic rings. The molecule has 17 heavy (non-hydrogen) atoms. The molecule has 0 saturated carbocycles. The van der Waals surface area contributed by atoms with Crippen molar-refractivity contribution in [3.8, 4) is 0 Å². The second kappa shape index (κ2) is 13.8. The number of aliphatic hydroxyl groups excluding tert-OH is 1. The van der Waals surface area contributed by atoms with Crippen molar-refractivity contribution in [1.29, 1.82) is 0 Å². The highest BCUT2D eigenvalue weighted by Crippen LogP contribution is 2.11. The van der Waals surface area contributed by atoms with Gasteiger partial charge in [0.15, 0.2) is 0 Å². The van der Waals surface area contributed by atoms with E-state index in [1.54, 1.807) is 0 Å². The van der Waals surface area contributed by atoms with Gasteiger partial charge in [-0.25, -0.2) is 0 Å². The van der Waals surface area contributed by atoms with Crippen LogP contribution < -0.4 is 0 Å². The van der Waals surface area contributed by atoms with Crippen LogP contribution in [0.15, 0.2) is 0 Å². The molecule has 0 fully saturated rings. The average Bonchev–Trinajstić information content (AvgIpc) is 2.35. The maximum Gasteiger partial charge on any atom is 0.305 e. The number of methoxy groups -OCH3 is 1. The standard InChI is InChI=1S/C13H26O3S/c1-16-13(15)9-6-4-2-3-5-7-11-17-12-8-10-14/h14H,2-12H2,1H3. The van der Waals surface area contributed by atoms with Gasteiger partial charge in [0.05, 0.1) is 7.11 Å². The molecule has 4 heteroatoms. The summed E-state index contributed by atoms with van der Waals surface area (Å²) in [5.74, 6) is 2.20. The van der Waals surface area contributed by atoms with E-state index in [4.69, 9.17) is 5.11 Å². The molecule has 0 unspecified atom stereocenters. The minimum Gasteiger partial charge on any atom is -0.469 e. The normalized spacial score (nSPS) is 10.5. The smallest absolute Gasteiger partial charge is 0.305 e. The number of carbonyl (C=O) groups excluding carboxylic acids is 1. The molecule has 1 N–H and O–H groups in total.